The van der Waals surface area contributed by atoms with Gasteiger partial charge in [0.05, 0.1) is 18.3 Å². The summed E-state index contributed by atoms with van der Waals surface area (Å²) in [6, 6.07) is 3.89. The Morgan fingerprint density at radius 1 is 1.32 bits per heavy atom. The standard InChI is InChI=1S/C13H16F3NO2/c14-13(15,16)12-6-10(4-3-9(12)8-18)17-5-1-2-11(19)7-17/h3-4,6,11,18-19H,1-2,5,7-8H2. The normalized spacial score (nSPS) is 20.7. The fourth-order valence-electron chi connectivity index (χ4n) is 2.35. The van der Waals surface area contributed by atoms with E-state index in [2.05, 4.69) is 0 Å². The molecule has 0 saturated carbocycles. The van der Waals surface area contributed by atoms with Gasteiger partial charge in [-0.1, -0.05) is 6.07 Å². The number of anilines is 1. The molecule has 106 valence electrons. The van der Waals surface area contributed by atoms with Crippen LogP contribution >= 0.6 is 0 Å². The second-order valence-corrected chi connectivity index (χ2v) is 4.74. The Morgan fingerprint density at radius 3 is 2.63 bits per heavy atom. The molecule has 0 radical (unpaired) electrons. The molecule has 2 rings (SSSR count). The first-order valence-electron chi connectivity index (χ1n) is 6.16. The third-order valence-corrected chi connectivity index (χ3v) is 3.33. The van der Waals surface area contributed by atoms with Crippen molar-refractivity contribution in [2.75, 3.05) is 18.0 Å². The SMILES string of the molecule is OCc1ccc(N2CCCC(O)C2)cc1C(F)(F)F. The third kappa shape index (κ3) is 3.19. The summed E-state index contributed by atoms with van der Waals surface area (Å²) in [5.74, 6) is 0. The van der Waals surface area contributed by atoms with Crippen molar-refractivity contribution in [2.24, 2.45) is 0 Å². The van der Waals surface area contributed by atoms with Crippen molar-refractivity contribution in [1.82, 2.24) is 0 Å². The fraction of sp³-hybridized carbons (Fsp3) is 0.538. The van der Waals surface area contributed by atoms with Crippen LogP contribution in [0, 0.1) is 0 Å². The van der Waals surface area contributed by atoms with E-state index in [0.29, 0.717) is 25.2 Å². The van der Waals surface area contributed by atoms with E-state index in [1.807, 2.05) is 0 Å². The molecule has 0 aromatic heterocycles. The quantitative estimate of drug-likeness (QED) is 0.869. The Balaban J connectivity index is 2.32. The van der Waals surface area contributed by atoms with Crippen molar-refractivity contribution in [3.05, 3.63) is 29.3 Å². The molecule has 19 heavy (non-hydrogen) atoms. The van der Waals surface area contributed by atoms with Crippen LogP contribution in [0.15, 0.2) is 18.2 Å². The van der Waals surface area contributed by atoms with Crippen molar-refractivity contribution in [3.63, 3.8) is 0 Å². The van der Waals surface area contributed by atoms with E-state index in [4.69, 9.17) is 5.11 Å². The van der Waals surface area contributed by atoms with Gasteiger partial charge in [0.25, 0.3) is 0 Å². The minimum atomic E-state index is -4.48. The van der Waals surface area contributed by atoms with E-state index >= 15 is 0 Å². The van der Waals surface area contributed by atoms with Crippen molar-refractivity contribution < 1.29 is 23.4 Å². The summed E-state index contributed by atoms with van der Waals surface area (Å²) < 4.78 is 38.6. The van der Waals surface area contributed by atoms with Crippen LogP contribution in [-0.4, -0.2) is 29.4 Å². The van der Waals surface area contributed by atoms with Gasteiger partial charge in [-0.2, -0.15) is 13.2 Å². The monoisotopic (exact) mass is 275 g/mol. The Morgan fingerprint density at radius 2 is 2.05 bits per heavy atom. The lowest BCUT2D eigenvalue weighted by atomic mass is 10.0. The van der Waals surface area contributed by atoms with Gasteiger partial charge >= 0.3 is 6.18 Å². The number of β-amino-alcohol motifs (C(OH)–C–C–N with tert-alkyl or cyclic N) is 1. The van der Waals surface area contributed by atoms with Crippen molar-refractivity contribution in [2.45, 2.75) is 31.7 Å². The van der Waals surface area contributed by atoms with Crippen molar-refractivity contribution in [3.8, 4) is 0 Å². The molecule has 1 aromatic rings. The molecular formula is C13H16F3NO2. The number of halogens is 3. The summed E-state index contributed by atoms with van der Waals surface area (Å²) >= 11 is 0. The lowest BCUT2D eigenvalue weighted by Crippen LogP contribution is -2.38. The van der Waals surface area contributed by atoms with Gasteiger partial charge in [0, 0.05) is 18.8 Å². The summed E-state index contributed by atoms with van der Waals surface area (Å²) in [5.41, 5.74) is -0.510. The number of aliphatic hydroxyl groups is 2. The highest BCUT2D eigenvalue weighted by atomic mass is 19.4. The average molecular weight is 275 g/mol. The molecule has 1 aliphatic heterocycles. The predicted octanol–water partition coefficient (Wildman–Crippen LogP) is 2.16. The van der Waals surface area contributed by atoms with E-state index in [0.717, 1.165) is 12.5 Å². The Bertz CT molecular complexity index is 448. The number of hydrogen-bond donors (Lipinski definition) is 2. The lowest BCUT2D eigenvalue weighted by molar-refractivity contribution is -0.138. The Kier molecular flexibility index (Phi) is 4.01. The zero-order valence-corrected chi connectivity index (χ0v) is 10.3. The summed E-state index contributed by atoms with van der Waals surface area (Å²) in [6.45, 7) is 0.334. The summed E-state index contributed by atoms with van der Waals surface area (Å²) in [6.07, 6.45) is -3.55. The van der Waals surface area contributed by atoms with Gasteiger partial charge in [-0.3, -0.25) is 0 Å². The second-order valence-electron chi connectivity index (χ2n) is 4.74. The van der Waals surface area contributed by atoms with Crippen LogP contribution in [0.4, 0.5) is 18.9 Å². The molecule has 1 saturated heterocycles. The maximum absolute atomic E-state index is 12.9. The summed E-state index contributed by atoms with van der Waals surface area (Å²) in [5, 5.41) is 18.5. The highest BCUT2D eigenvalue weighted by Crippen LogP contribution is 2.35. The van der Waals surface area contributed by atoms with Gasteiger partial charge in [0.2, 0.25) is 0 Å². The van der Waals surface area contributed by atoms with E-state index in [1.54, 1.807) is 11.0 Å². The number of nitrogens with zero attached hydrogens (tertiary/aromatic N) is 1. The first kappa shape index (κ1) is 14.1. The van der Waals surface area contributed by atoms with E-state index < -0.39 is 24.5 Å². The zero-order valence-electron chi connectivity index (χ0n) is 10.3. The van der Waals surface area contributed by atoms with Crippen LogP contribution < -0.4 is 4.90 Å². The number of rotatable bonds is 2. The number of hydrogen-bond acceptors (Lipinski definition) is 3. The van der Waals surface area contributed by atoms with Crippen LogP contribution in [0.1, 0.15) is 24.0 Å². The topological polar surface area (TPSA) is 43.7 Å². The molecule has 1 aromatic carbocycles. The van der Waals surface area contributed by atoms with Crippen molar-refractivity contribution >= 4 is 5.69 Å². The molecule has 1 heterocycles. The predicted molar refractivity (Wildman–Crippen MR) is 64.8 cm³/mol. The van der Waals surface area contributed by atoms with Crippen LogP contribution in [0.2, 0.25) is 0 Å². The van der Waals surface area contributed by atoms with Gasteiger partial charge in [-0.05, 0) is 30.5 Å². The van der Waals surface area contributed by atoms with Gasteiger partial charge in [0.15, 0.2) is 0 Å². The highest BCUT2D eigenvalue weighted by Gasteiger charge is 2.34. The van der Waals surface area contributed by atoms with Gasteiger partial charge in [-0.15, -0.1) is 0 Å². The molecule has 1 aliphatic rings. The van der Waals surface area contributed by atoms with Crippen LogP contribution in [0.25, 0.3) is 0 Å². The molecule has 1 atom stereocenters. The number of alkyl halides is 3. The Hall–Kier alpha value is -1.27. The molecule has 1 unspecified atom stereocenters. The minimum Gasteiger partial charge on any atom is -0.392 e. The molecule has 3 nitrogen and oxygen atoms in total. The zero-order chi connectivity index (χ0) is 14.0. The lowest BCUT2D eigenvalue weighted by Gasteiger charge is -2.32. The molecule has 1 fully saturated rings. The third-order valence-electron chi connectivity index (χ3n) is 3.33. The minimum absolute atomic E-state index is 0.131. The van der Waals surface area contributed by atoms with E-state index in [-0.39, 0.29) is 5.56 Å². The van der Waals surface area contributed by atoms with Crippen LogP contribution in [-0.2, 0) is 12.8 Å². The number of piperidine rings is 1. The molecule has 2 N–H and O–H groups in total. The van der Waals surface area contributed by atoms with Gasteiger partial charge < -0.3 is 15.1 Å². The second kappa shape index (κ2) is 5.38. The van der Waals surface area contributed by atoms with E-state index in [1.165, 1.54) is 6.07 Å². The summed E-state index contributed by atoms with van der Waals surface area (Å²) in [4.78, 5) is 1.74. The fourth-order valence-corrected chi connectivity index (χ4v) is 2.35. The first-order valence-corrected chi connectivity index (χ1v) is 6.16. The number of benzene rings is 1. The van der Waals surface area contributed by atoms with Gasteiger partial charge in [0.1, 0.15) is 0 Å². The molecule has 0 spiro atoms. The van der Waals surface area contributed by atoms with Gasteiger partial charge in [-0.25, -0.2) is 0 Å². The number of aliphatic hydroxyl groups excluding tert-OH is 2. The maximum Gasteiger partial charge on any atom is 0.416 e. The van der Waals surface area contributed by atoms with Crippen LogP contribution in [0.5, 0.6) is 0 Å². The molecule has 0 amide bonds. The highest BCUT2D eigenvalue weighted by molar-refractivity contribution is 5.52. The molecule has 0 aliphatic carbocycles. The van der Waals surface area contributed by atoms with E-state index in [9.17, 15) is 18.3 Å². The molecular weight excluding hydrogens is 259 g/mol. The summed E-state index contributed by atoms with van der Waals surface area (Å²) in [7, 11) is 0. The maximum atomic E-state index is 12.9. The smallest absolute Gasteiger partial charge is 0.392 e. The average Bonchev–Trinajstić information content (AvgIpc) is 2.37. The largest absolute Gasteiger partial charge is 0.416 e. The van der Waals surface area contributed by atoms with Crippen molar-refractivity contribution in [1.29, 1.82) is 0 Å². The Labute approximate surface area is 109 Å². The molecule has 6 heteroatoms. The first-order chi connectivity index (χ1) is 8.91. The molecule has 0 bridgehead atoms. The van der Waals surface area contributed by atoms with Crippen LogP contribution in [0.3, 0.4) is 0 Å².